The van der Waals surface area contributed by atoms with Crippen LogP contribution in [0, 0.1) is 0 Å². The van der Waals surface area contributed by atoms with Gasteiger partial charge in [0.25, 0.3) is 23.6 Å². The third-order valence-electron chi connectivity index (χ3n) is 7.40. The summed E-state index contributed by atoms with van der Waals surface area (Å²) in [4.78, 5) is 50.5. The number of hydrogen-bond acceptors (Lipinski definition) is 6. The van der Waals surface area contributed by atoms with Gasteiger partial charge >= 0.3 is 0 Å². The Balaban J connectivity index is 1.29. The molecule has 2 aliphatic rings. The Morgan fingerprint density at radius 1 is 0.556 bits per heavy atom. The SMILES string of the molecule is CCC(c1cccc(Cl)c1Oc1ccc(N2C(=O)C=CC2=O)cc1)c1cccc(Cl)c1Oc1ccc(N2C(=O)C=CC2=O)cc1. The number of para-hydroxylation sites is 2. The predicted octanol–water partition coefficient (Wildman–Crippen LogP) is 7.98. The van der Waals surface area contributed by atoms with Gasteiger partial charge in [0.1, 0.15) is 23.0 Å². The lowest BCUT2D eigenvalue weighted by Crippen LogP contribution is -2.29. The molecule has 0 fully saturated rings. The number of anilines is 2. The van der Waals surface area contributed by atoms with Gasteiger partial charge in [-0.05, 0) is 67.1 Å². The van der Waals surface area contributed by atoms with Crippen molar-refractivity contribution in [2.75, 3.05) is 9.80 Å². The normalized spacial score (nSPS) is 14.3. The molecule has 2 heterocycles. The van der Waals surface area contributed by atoms with Gasteiger partial charge in [0.2, 0.25) is 0 Å². The highest BCUT2D eigenvalue weighted by Crippen LogP contribution is 2.46. The molecule has 45 heavy (non-hydrogen) atoms. The first-order chi connectivity index (χ1) is 21.7. The molecule has 10 heteroatoms. The molecule has 4 amide bonds. The van der Waals surface area contributed by atoms with Gasteiger partial charge in [0.05, 0.1) is 21.4 Å². The van der Waals surface area contributed by atoms with Crippen molar-refractivity contribution in [3.63, 3.8) is 0 Å². The lowest BCUT2D eigenvalue weighted by Gasteiger charge is -2.24. The molecule has 4 aromatic carbocycles. The van der Waals surface area contributed by atoms with Crippen LogP contribution in [-0.4, -0.2) is 23.6 Å². The fourth-order valence-electron chi connectivity index (χ4n) is 5.29. The van der Waals surface area contributed by atoms with Crippen LogP contribution in [0.5, 0.6) is 23.0 Å². The molecule has 0 saturated heterocycles. The van der Waals surface area contributed by atoms with Gasteiger partial charge in [0, 0.05) is 41.3 Å². The zero-order valence-corrected chi connectivity index (χ0v) is 25.3. The highest BCUT2D eigenvalue weighted by atomic mass is 35.5. The molecule has 2 aliphatic heterocycles. The van der Waals surface area contributed by atoms with Crippen LogP contribution >= 0.6 is 23.2 Å². The van der Waals surface area contributed by atoms with Crippen molar-refractivity contribution in [2.45, 2.75) is 19.3 Å². The summed E-state index contributed by atoms with van der Waals surface area (Å²) in [6.07, 6.45) is 5.56. The van der Waals surface area contributed by atoms with Gasteiger partial charge in [-0.2, -0.15) is 0 Å². The first-order valence-electron chi connectivity index (χ1n) is 14.0. The topological polar surface area (TPSA) is 93.2 Å². The van der Waals surface area contributed by atoms with E-state index in [-0.39, 0.29) is 5.92 Å². The average molecular weight is 639 g/mol. The number of rotatable bonds is 9. The number of hydrogen-bond donors (Lipinski definition) is 0. The van der Waals surface area contributed by atoms with Gasteiger partial charge in [-0.15, -0.1) is 0 Å². The fraction of sp³-hybridized carbons (Fsp3) is 0.0857. The van der Waals surface area contributed by atoms with E-state index in [2.05, 4.69) is 0 Å². The summed E-state index contributed by atoms with van der Waals surface area (Å²) in [7, 11) is 0. The number of ether oxygens (including phenoxy) is 2. The molecule has 0 bridgehead atoms. The molecule has 4 aromatic rings. The van der Waals surface area contributed by atoms with Crippen LogP contribution in [0.3, 0.4) is 0 Å². The summed E-state index contributed by atoms with van der Waals surface area (Å²) in [6, 6.07) is 24.2. The molecule has 0 atom stereocenters. The van der Waals surface area contributed by atoms with E-state index in [0.717, 1.165) is 20.9 Å². The predicted molar refractivity (Wildman–Crippen MR) is 171 cm³/mol. The van der Waals surface area contributed by atoms with Crippen molar-refractivity contribution in [3.05, 3.63) is 130 Å². The van der Waals surface area contributed by atoms with E-state index in [1.165, 1.54) is 24.3 Å². The number of amides is 4. The maximum atomic E-state index is 12.1. The molecule has 0 saturated carbocycles. The summed E-state index contributed by atoms with van der Waals surface area (Å²) in [5, 5.41) is 0.786. The number of nitrogens with zero attached hydrogens (tertiary/aromatic N) is 2. The van der Waals surface area contributed by atoms with E-state index in [0.29, 0.717) is 50.8 Å². The highest BCUT2D eigenvalue weighted by molar-refractivity contribution is 6.33. The summed E-state index contributed by atoms with van der Waals surface area (Å²) in [6.45, 7) is 2.03. The maximum absolute atomic E-state index is 12.1. The quantitative estimate of drug-likeness (QED) is 0.173. The molecular weight excluding hydrogens is 615 g/mol. The number of benzene rings is 4. The second-order valence-electron chi connectivity index (χ2n) is 10.2. The Bertz CT molecular complexity index is 1730. The average Bonchev–Trinajstić information content (AvgIpc) is 3.56. The third kappa shape index (κ3) is 5.85. The Labute approximate surface area is 268 Å². The third-order valence-corrected chi connectivity index (χ3v) is 8.00. The lowest BCUT2D eigenvalue weighted by molar-refractivity contribution is -0.121. The summed E-state index contributed by atoms with van der Waals surface area (Å²) in [5.74, 6) is -0.0617. The van der Waals surface area contributed by atoms with Crippen LogP contribution in [0.2, 0.25) is 10.0 Å². The standard InChI is InChI=1S/C35H24Cl2N2O6/c1-2-25(26-5-3-7-28(36)34(26)44-23-13-9-21(10-14-23)38-30(40)17-18-31(38)41)27-6-4-8-29(37)35(27)45-24-15-11-22(12-16-24)39-32(42)19-20-33(39)43/h3-20,25H,2H2,1H3. The van der Waals surface area contributed by atoms with E-state index in [1.54, 1.807) is 60.7 Å². The Morgan fingerprint density at radius 2 is 0.911 bits per heavy atom. The lowest BCUT2D eigenvalue weighted by atomic mass is 9.88. The van der Waals surface area contributed by atoms with Gasteiger partial charge in [0.15, 0.2) is 0 Å². The summed E-state index contributed by atoms with van der Waals surface area (Å²) in [5.41, 5.74) is 2.45. The molecular formula is C35H24Cl2N2O6. The number of carbonyl (C=O) groups is 4. The van der Waals surface area contributed by atoms with Crippen LogP contribution in [0.4, 0.5) is 11.4 Å². The summed E-state index contributed by atoms with van der Waals surface area (Å²) < 4.78 is 12.6. The molecule has 6 rings (SSSR count). The highest BCUT2D eigenvalue weighted by Gasteiger charge is 2.27. The number of halogens is 2. The molecule has 224 valence electrons. The Kier molecular flexibility index (Phi) is 8.26. The van der Waals surface area contributed by atoms with Crippen molar-refractivity contribution < 1.29 is 28.7 Å². The minimum absolute atomic E-state index is 0.247. The Hall–Kier alpha value is -5.18. The molecule has 0 radical (unpaired) electrons. The van der Waals surface area contributed by atoms with Gasteiger partial charge in [-0.3, -0.25) is 19.2 Å². The zero-order valence-electron chi connectivity index (χ0n) is 23.8. The van der Waals surface area contributed by atoms with Crippen molar-refractivity contribution in [3.8, 4) is 23.0 Å². The van der Waals surface area contributed by atoms with Gasteiger partial charge in [-0.25, -0.2) is 9.80 Å². The second kappa shape index (κ2) is 12.4. The van der Waals surface area contributed by atoms with Crippen LogP contribution in [-0.2, 0) is 19.2 Å². The van der Waals surface area contributed by atoms with E-state index in [4.69, 9.17) is 32.7 Å². The van der Waals surface area contributed by atoms with Gasteiger partial charge in [-0.1, -0.05) is 54.4 Å². The van der Waals surface area contributed by atoms with E-state index >= 15 is 0 Å². The van der Waals surface area contributed by atoms with Crippen LogP contribution in [0.25, 0.3) is 0 Å². The molecule has 0 spiro atoms. The van der Waals surface area contributed by atoms with Crippen molar-refractivity contribution >= 4 is 58.2 Å². The van der Waals surface area contributed by atoms with Crippen molar-refractivity contribution in [1.82, 2.24) is 0 Å². The number of carbonyl (C=O) groups excluding carboxylic acids is 4. The van der Waals surface area contributed by atoms with E-state index < -0.39 is 23.6 Å². The number of imide groups is 2. The minimum atomic E-state index is -0.405. The first kappa shape index (κ1) is 29.9. The van der Waals surface area contributed by atoms with Crippen LogP contribution in [0.1, 0.15) is 30.4 Å². The molecule has 8 nitrogen and oxygen atoms in total. The van der Waals surface area contributed by atoms with Crippen LogP contribution in [0.15, 0.2) is 109 Å². The van der Waals surface area contributed by atoms with E-state index in [9.17, 15) is 19.2 Å². The zero-order chi connectivity index (χ0) is 31.7. The fourth-order valence-corrected chi connectivity index (χ4v) is 5.74. The largest absolute Gasteiger partial charge is 0.455 e. The second-order valence-corrected chi connectivity index (χ2v) is 11.0. The van der Waals surface area contributed by atoms with Crippen LogP contribution < -0.4 is 19.3 Å². The molecule has 0 aliphatic carbocycles. The minimum Gasteiger partial charge on any atom is -0.455 e. The smallest absolute Gasteiger partial charge is 0.258 e. The Morgan fingerprint density at radius 3 is 1.24 bits per heavy atom. The molecule has 0 aromatic heterocycles. The maximum Gasteiger partial charge on any atom is 0.258 e. The van der Waals surface area contributed by atoms with Crippen molar-refractivity contribution in [1.29, 1.82) is 0 Å². The van der Waals surface area contributed by atoms with Crippen molar-refractivity contribution in [2.24, 2.45) is 0 Å². The summed E-state index contributed by atoms with van der Waals surface area (Å²) >= 11 is 13.4. The first-order valence-corrected chi connectivity index (χ1v) is 14.8. The van der Waals surface area contributed by atoms with E-state index in [1.807, 2.05) is 31.2 Å². The van der Waals surface area contributed by atoms with Gasteiger partial charge < -0.3 is 9.47 Å². The molecule has 0 unspecified atom stereocenters. The molecule has 0 N–H and O–H groups in total. The monoisotopic (exact) mass is 638 g/mol.